The smallest absolute Gasteiger partial charge is 0.236 e. The molecule has 20 heavy (non-hydrogen) atoms. The molecule has 3 N–H and O–H groups in total. The van der Waals surface area contributed by atoms with E-state index in [4.69, 9.17) is 27.8 Å². The van der Waals surface area contributed by atoms with Crippen LogP contribution in [0.15, 0.2) is 0 Å². The van der Waals surface area contributed by atoms with Gasteiger partial charge in [0, 0.05) is 32.4 Å². The molecule has 1 amide bonds. The summed E-state index contributed by atoms with van der Waals surface area (Å²) in [5.41, 5.74) is 5.19. The van der Waals surface area contributed by atoms with Crippen molar-refractivity contribution in [2.24, 2.45) is 11.1 Å². The van der Waals surface area contributed by atoms with Crippen molar-refractivity contribution < 1.29 is 14.6 Å². The van der Waals surface area contributed by atoms with Crippen LogP contribution < -0.4 is 5.73 Å². The number of likely N-dealkylation sites (tertiary alicyclic amines) is 1. The summed E-state index contributed by atoms with van der Waals surface area (Å²) in [7, 11) is 0. The molecule has 0 aromatic heterocycles. The second-order valence-corrected chi connectivity index (χ2v) is 6.16. The number of ether oxygens (including phenoxy) is 1. The zero-order valence-electron chi connectivity index (χ0n) is 11.8. The number of thiocarbonyl (C=S) groups is 1. The van der Waals surface area contributed by atoms with Gasteiger partial charge in [0.2, 0.25) is 5.91 Å². The highest BCUT2D eigenvalue weighted by Crippen LogP contribution is 2.36. The summed E-state index contributed by atoms with van der Waals surface area (Å²) in [4.78, 5) is 15.2. The molecule has 6 heteroatoms. The predicted molar refractivity (Wildman–Crippen MR) is 80.3 cm³/mol. The molecule has 2 saturated heterocycles. The Morgan fingerprint density at radius 2 is 2.15 bits per heavy atom. The standard InChI is InChI=1S/C14H24N2O3S/c15-12(20)14(5-9-19-10-6-14)13(18)16-7-1-3-11(16)4-2-8-17/h11,17H,1-10H2,(H2,15,20). The maximum absolute atomic E-state index is 13.0. The van der Waals surface area contributed by atoms with Gasteiger partial charge < -0.3 is 20.5 Å². The van der Waals surface area contributed by atoms with Crippen molar-refractivity contribution in [3.8, 4) is 0 Å². The summed E-state index contributed by atoms with van der Waals surface area (Å²) in [5.74, 6) is 0.0775. The van der Waals surface area contributed by atoms with Gasteiger partial charge in [-0.3, -0.25) is 4.79 Å². The molecule has 0 saturated carbocycles. The first kappa shape index (κ1) is 15.7. The van der Waals surface area contributed by atoms with E-state index in [1.807, 2.05) is 4.90 Å². The number of hydrogen-bond acceptors (Lipinski definition) is 4. The fourth-order valence-corrected chi connectivity index (χ4v) is 3.58. The molecule has 5 nitrogen and oxygen atoms in total. The van der Waals surface area contributed by atoms with Crippen LogP contribution in [0.4, 0.5) is 0 Å². The van der Waals surface area contributed by atoms with Crippen molar-refractivity contribution in [3.05, 3.63) is 0 Å². The lowest BCUT2D eigenvalue weighted by molar-refractivity contribution is -0.143. The Kier molecular flexibility index (Phi) is 5.35. The van der Waals surface area contributed by atoms with Crippen molar-refractivity contribution in [3.63, 3.8) is 0 Å². The highest BCUT2D eigenvalue weighted by molar-refractivity contribution is 7.80. The highest BCUT2D eigenvalue weighted by atomic mass is 32.1. The maximum Gasteiger partial charge on any atom is 0.236 e. The molecule has 2 heterocycles. The molecule has 2 aliphatic heterocycles. The Morgan fingerprint density at radius 1 is 1.45 bits per heavy atom. The number of carbonyl (C=O) groups is 1. The van der Waals surface area contributed by atoms with E-state index in [1.165, 1.54) is 0 Å². The number of rotatable bonds is 5. The van der Waals surface area contributed by atoms with Gasteiger partial charge in [-0.05, 0) is 38.5 Å². The molecule has 1 atom stereocenters. The van der Waals surface area contributed by atoms with E-state index in [2.05, 4.69) is 0 Å². The molecule has 0 aromatic rings. The number of carbonyl (C=O) groups excluding carboxylic acids is 1. The van der Waals surface area contributed by atoms with Gasteiger partial charge in [-0.15, -0.1) is 0 Å². The van der Waals surface area contributed by atoms with Crippen molar-refractivity contribution >= 4 is 23.1 Å². The Balaban J connectivity index is 2.12. The summed E-state index contributed by atoms with van der Waals surface area (Å²) in [6.07, 6.45) is 4.79. The van der Waals surface area contributed by atoms with Crippen LogP contribution in [-0.2, 0) is 9.53 Å². The average Bonchev–Trinajstić information content (AvgIpc) is 2.93. The quantitative estimate of drug-likeness (QED) is 0.736. The number of aliphatic hydroxyl groups excluding tert-OH is 1. The van der Waals surface area contributed by atoms with Crippen LogP contribution in [0.2, 0.25) is 0 Å². The maximum atomic E-state index is 13.0. The van der Waals surface area contributed by atoms with E-state index in [9.17, 15) is 4.79 Å². The molecular weight excluding hydrogens is 276 g/mol. The third-order valence-corrected chi connectivity index (χ3v) is 4.95. The van der Waals surface area contributed by atoms with Crippen molar-refractivity contribution in [2.45, 2.75) is 44.6 Å². The lowest BCUT2D eigenvalue weighted by atomic mass is 9.78. The summed E-state index contributed by atoms with van der Waals surface area (Å²) in [6, 6.07) is 0.226. The SMILES string of the molecule is NC(=S)C1(C(=O)N2CCCC2CCCO)CCOCC1. The van der Waals surface area contributed by atoms with Crippen LogP contribution in [0, 0.1) is 5.41 Å². The Bertz CT molecular complexity index is 369. The van der Waals surface area contributed by atoms with E-state index >= 15 is 0 Å². The molecule has 1 unspecified atom stereocenters. The first-order chi connectivity index (χ1) is 9.62. The zero-order valence-corrected chi connectivity index (χ0v) is 12.7. The lowest BCUT2D eigenvalue weighted by Crippen LogP contribution is -2.54. The van der Waals surface area contributed by atoms with E-state index in [1.54, 1.807) is 0 Å². The zero-order chi connectivity index (χ0) is 14.6. The fourth-order valence-electron chi connectivity index (χ4n) is 3.29. The second kappa shape index (κ2) is 6.83. The molecule has 2 aliphatic rings. The predicted octanol–water partition coefficient (Wildman–Crippen LogP) is 0.833. The Hall–Kier alpha value is -0.720. The number of hydrogen-bond donors (Lipinski definition) is 2. The first-order valence-corrected chi connectivity index (χ1v) is 7.82. The summed E-state index contributed by atoms with van der Waals surface area (Å²) >= 11 is 5.20. The third-order valence-electron chi connectivity index (χ3n) is 4.56. The topological polar surface area (TPSA) is 75.8 Å². The molecule has 2 rings (SSSR count). The van der Waals surface area contributed by atoms with E-state index < -0.39 is 5.41 Å². The van der Waals surface area contributed by atoms with E-state index in [-0.39, 0.29) is 18.6 Å². The molecular formula is C14H24N2O3S. The van der Waals surface area contributed by atoms with Gasteiger partial charge in [0.15, 0.2) is 0 Å². The molecule has 0 spiro atoms. The molecule has 114 valence electrons. The lowest BCUT2D eigenvalue weighted by Gasteiger charge is -2.39. The van der Waals surface area contributed by atoms with Crippen LogP contribution in [0.3, 0.4) is 0 Å². The van der Waals surface area contributed by atoms with Gasteiger partial charge in [-0.25, -0.2) is 0 Å². The Morgan fingerprint density at radius 3 is 2.75 bits per heavy atom. The van der Waals surface area contributed by atoms with Crippen LogP contribution in [0.5, 0.6) is 0 Å². The summed E-state index contributed by atoms with van der Waals surface area (Å²) in [6.45, 7) is 2.03. The van der Waals surface area contributed by atoms with Crippen LogP contribution in [0.25, 0.3) is 0 Å². The van der Waals surface area contributed by atoms with Gasteiger partial charge in [0.1, 0.15) is 5.41 Å². The number of nitrogens with zero attached hydrogens (tertiary/aromatic N) is 1. The van der Waals surface area contributed by atoms with Gasteiger partial charge in [-0.1, -0.05) is 12.2 Å². The normalized spacial score (nSPS) is 25.6. The van der Waals surface area contributed by atoms with E-state index in [0.29, 0.717) is 31.0 Å². The second-order valence-electron chi connectivity index (χ2n) is 5.72. The van der Waals surface area contributed by atoms with Crippen LogP contribution in [-0.4, -0.2) is 53.3 Å². The van der Waals surface area contributed by atoms with Crippen molar-refractivity contribution in [1.82, 2.24) is 4.90 Å². The van der Waals surface area contributed by atoms with Crippen molar-refractivity contribution in [2.75, 3.05) is 26.4 Å². The average molecular weight is 300 g/mol. The largest absolute Gasteiger partial charge is 0.396 e. The van der Waals surface area contributed by atoms with Crippen LogP contribution in [0.1, 0.15) is 38.5 Å². The molecule has 0 aromatic carbocycles. The van der Waals surface area contributed by atoms with Crippen molar-refractivity contribution in [1.29, 1.82) is 0 Å². The molecule has 0 bridgehead atoms. The molecule has 2 fully saturated rings. The van der Waals surface area contributed by atoms with Gasteiger partial charge >= 0.3 is 0 Å². The van der Waals surface area contributed by atoms with E-state index in [0.717, 1.165) is 32.2 Å². The number of nitrogens with two attached hydrogens (primary N) is 1. The minimum atomic E-state index is -0.713. The van der Waals surface area contributed by atoms with Gasteiger partial charge in [0.25, 0.3) is 0 Å². The minimum absolute atomic E-state index is 0.0775. The Labute approximate surface area is 125 Å². The highest BCUT2D eigenvalue weighted by Gasteiger charge is 2.47. The first-order valence-electron chi connectivity index (χ1n) is 7.41. The number of aliphatic hydroxyl groups is 1. The third kappa shape index (κ3) is 2.97. The van der Waals surface area contributed by atoms with Gasteiger partial charge in [-0.2, -0.15) is 0 Å². The number of amides is 1. The summed E-state index contributed by atoms with van der Waals surface area (Å²) < 4.78 is 5.36. The monoisotopic (exact) mass is 300 g/mol. The summed E-state index contributed by atoms with van der Waals surface area (Å²) in [5, 5.41) is 8.98. The molecule has 0 radical (unpaired) electrons. The van der Waals surface area contributed by atoms with Gasteiger partial charge in [0.05, 0.1) is 4.99 Å². The fraction of sp³-hybridized carbons (Fsp3) is 0.857. The minimum Gasteiger partial charge on any atom is -0.396 e. The van der Waals surface area contributed by atoms with Crippen LogP contribution >= 0.6 is 12.2 Å². The molecule has 0 aliphatic carbocycles.